The van der Waals surface area contributed by atoms with Crippen LogP contribution in [0, 0.1) is 0 Å². The third-order valence-electron chi connectivity index (χ3n) is 21.2. The molecule has 2 heteroatoms. The Kier molecular flexibility index (Phi) is 11.9. The van der Waals surface area contributed by atoms with Gasteiger partial charge in [-0.15, -0.1) is 0 Å². The molecule has 0 bridgehead atoms. The minimum absolute atomic E-state index is 0.922. The molecule has 98 heavy (non-hydrogen) atoms. The maximum atomic E-state index is 6.80. The summed E-state index contributed by atoms with van der Waals surface area (Å²) in [5.41, 5.74) is 17.5. The van der Waals surface area contributed by atoms with Crippen molar-refractivity contribution in [1.82, 2.24) is 0 Å². The third-order valence-corrected chi connectivity index (χ3v) is 21.2. The molecule has 0 saturated heterocycles. The van der Waals surface area contributed by atoms with Crippen LogP contribution in [-0.2, 0) is 0 Å². The molecule has 0 radical (unpaired) electrons. The highest BCUT2D eigenvalue weighted by Crippen LogP contribution is 2.50. The van der Waals surface area contributed by atoms with Gasteiger partial charge in [-0.25, -0.2) is 0 Å². The standard InChI is InChI=1S/2C48H28O/c1-2-12-29(13-3-1)33-20-9-24-41-42-25-10-21-34(48(42)49-47(33)41)31-15-8-14-30(26-31)32-27-43-37-18-6-4-16-35(37)39-22-11-23-40-36-17-5-7-19-38(36)44(28-32)46(43)45(39)40;1-2-11-29(12-3-1)33-17-7-23-42-43-24-8-18-34(48(43)49-47(33)42)32-14-6-13-30(27-32)31-25-26-37-40-21-9-19-38-35-15-4-5-16-36(35)39-20-10-22-41(44(37)28-31)46(39)45(38)40/h2*1-28H. The quantitative estimate of drug-likeness (QED) is 0.123. The topological polar surface area (TPSA) is 26.3 Å². The summed E-state index contributed by atoms with van der Waals surface area (Å²) >= 11 is 0. The first-order valence-corrected chi connectivity index (χ1v) is 33.9. The van der Waals surface area contributed by atoms with Gasteiger partial charge < -0.3 is 8.83 Å². The van der Waals surface area contributed by atoms with Crippen molar-refractivity contribution < 1.29 is 8.83 Å². The SMILES string of the molecule is c1ccc(-c2cccc3c2oc2c(-c4cccc(-c5cc6c7ccccc7c7cccc8c9ccccc9c(c5)c6c78)c4)cccc23)cc1.c1ccc(-c2cccc3c2oc2c(-c4cccc(-c5ccc6c(c5)c5cccc7c8ccccc8c8cccc6c8c75)c4)cccc23)cc1. The van der Waals surface area contributed by atoms with Gasteiger partial charge in [0, 0.05) is 43.8 Å². The summed E-state index contributed by atoms with van der Waals surface area (Å²) in [6, 6.07) is 124. The highest BCUT2D eigenvalue weighted by atomic mass is 16.3. The molecule has 0 amide bonds. The molecule has 0 aliphatic rings. The van der Waals surface area contributed by atoms with Gasteiger partial charge in [0.1, 0.15) is 22.3 Å². The zero-order valence-corrected chi connectivity index (χ0v) is 53.1. The van der Waals surface area contributed by atoms with Crippen molar-refractivity contribution in [2.24, 2.45) is 0 Å². The van der Waals surface area contributed by atoms with E-state index in [1.807, 2.05) is 0 Å². The van der Waals surface area contributed by atoms with Gasteiger partial charge in [-0.1, -0.05) is 309 Å². The van der Waals surface area contributed by atoms with Gasteiger partial charge in [-0.2, -0.15) is 0 Å². The molecule has 0 aliphatic carbocycles. The maximum absolute atomic E-state index is 6.80. The number of benzene rings is 20. The summed E-state index contributed by atoms with van der Waals surface area (Å²) < 4.78 is 13.6. The average molecular weight is 1240 g/mol. The fraction of sp³-hybridized carbons (Fsp3) is 0. The van der Waals surface area contributed by atoms with Crippen molar-refractivity contribution in [3.8, 4) is 66.8 Å². The van der Waals surface area contributed by atoms with Crippen LogP contribution in [0.2, 0.25) is 0 Å². The van der Waals surface area contributed by atoms with E-state index in [4.69, 9.17) is 8.83 Å². The Hall–Kier alpha value is -12.9. The lowest BCUT2D eigenvalue weighted by molar-refractivity contribution is 0.670. The van der Waals surface area contributed by atoms with E-state index in [1.54, 1.807) is 0 Å². The molecule has 0 unspecified atom stereocenters. The fourth-order valence-corrected chi connectivity index (χ4v) is 16.9. The summed E-state index contributed by atoms with van der Waals surface area (Å²) in [6.45, 7) is 0. The molecule has 20 aromatic carbocycles. The van der Waals surface area contributed by atoms with Gasteiger partial charge in [0.2, 0.25) is 0 Å². The minimum atomic E-state index is 0.922. The second kappa shape index (κ2) is 21.3. The second-order valence-electron chi connectivity index (χ2n) is 26.4. The average Bonchev–Trinajstić information content (AvgIpc) is 0.889. The van der Waals surface area contributed by atoms with Crippen LogP contribution < -0.4 is 0 Å². The van der Waals surface area contributed by atoms with E-state index in [2.05, 4.69) is 340 Å². The Balaban J connectivity index is 0.000000129. The first-order valence-electron chi connectivity index (χ1n) is 33.9. The molecule has 22 aromatic rings. The molecule has 0 atom stereocenters. The number of rotatable bonds is 6. The van der Waals surface area contributed by atoms with Crippen LogP contribution in [0.25, 0.3) is 218 Å². The maximum Gasteiger partial charge on any atom is 0.143 e. The zero-order valence-electron chi connectivity index (χ0n) is 53.1. The molecule has 0 spiro atoms. The summed E-state index contributed by atoms with van der Waals surface area (Å²) in [6.07, 6.45) is 0. The smallest absolute Gasteiger partial charge is 0.143 e. The lowest BCUT2D eigenvalue weighted by Crippen LogP contribution is -1.91. The summed E-state index contributed by atoms with van der Waals surface area (Å²) in [5, 5.41) is 30.9. The third kappa shape index (κ3) is 8.10. The second-order valence-corrected chi connectivity index (χ2v) is 26.4. The summed E-state index contributed by atoms with van der Waals surface area (Å²) in [7, 11) is 0. The van der Waals surface area contributed by atoms with E-state index >= 15 is 0 Å². The van der Waals surface area contributed by atoms with Crippen LogP contribution in [0.5, 0.6) is 0 Å². The van der Waals surface area contributed by atoms with Crippen molar-refractivity contribution in [2.75, 3.05) is 0 Å². The molecular formula is C96H56O2. The first kappa shape index (κ1) is 54.5. The van der Waals surface area contributed by atoms with Crippen LogP contribution in [0.3, 0.4) is 0 Å². The van der Waals surface area contributed by atoms with Crippen molar-refractivity contribution in [1.29, 1.82) is 0 Å². The van der Waals surface area contributed by atoms with Gasteiger partial charge in [0.05, 0.1) is 0 Å². The van der Waals surface area contributed by atoms with Crippen molar-refractivity contribution in [3.63, 3.8) is 0 Å². The largest absolute Gasteiger partial charge is 0.455 e. The monoisotopic (exact) mass is 1240 g/mol. The fourth-order valence-electron chi connectivity index (χ4n) is 16.9. The van der Waals surface area contributed by atoms with Gasteiger partial charge >= 0.3 is 0 Å². The predicted molar refractivity (Wildman–Crippen MR) is 417 cm³/mol. The predicted octanol–water partition coefficient (Wildman–Crippen LogP) is 27.6. The van der Waals surface area contributed by atoms with Crippen LogP contribution in [0.15, 0.2) is 349 Å². The summed E-state index contributed by atoms with van der Waals surface area (Å²) in [5.74, 6) is 0. The molecule has 0 saturated carbocycles. The number of fused-ring (bicyclic) bond motifs is 18. The van der Waals surface area contributed by atoms with E-state index in [0.717, 1.165) is 88.4 Å². The Morgan fingerprint density at radius 2 is 0.357 bits per heavy atom. The minimum Gasteiger partial charge on any atom is -0.455 e. The van der Waals surface area contributed by atoms with Crippen molar-refractivity contribution >= 4 is 152 Å². The Morgan fingerprint density at radius 1 is 0.122 bits per heavy atom. The van der Waals surface area contributed by atoms with E-state index in [-0.39, 0.29) is 0 Å². The van der Waals surface area contributed by atoms with Crippen LogP contribution in [0.4, 0.5) is 0 Å². The highest BCUT2D eigenvalue weighted by Gasteiger charge is 2.23. The highest BCUT2D eigenvalue weighted by molar-refractivity contribution is 6.42. The van der Waals surface area contributed by atoms with E-state index in [1.165, 1.54) is 130 Å². The molecule has 2 nitrogen and oxygen atoms in total. The lowest BCUT2D eigenvalue weighted by Gasteiger charge is -2.19. The lowest BCUT2D eigenvalue weighted by atomic mass is 9.84. The number of hydrogen-bond acceptors (Lipinski definition) is 2. The van der Waals surface area contributed by atoms with E-state index < -0.39 is 0 Å². The molecule has 452 valence electrons. The first-order chi connectivity index (χ1) is 48.6. The molecule has 0 fully saturated rings. The number of hydrogen-bond donors (Lipinski definition) is 0. The normalized spacial score (nSPS) is 12.1. The summed E-state index contributed by atoms with van der Waals surface area (Å²) in [4.78, 5) is 0. The molecule has 2 heterocycles. The van der Waals surface area contributed by atoms with E-state index in [0.29, 0.717) is 0 Å². The van der Waals surface area contributed by atoms with E-state index in [9.17, 15) is 0 Å². The van der Waals surface area contributed by atoms with Gasteiger partial charge in [-0.05, 0) is 183 Å². The van der Waals surface area contributed by atoms with Crippen molar-refractivity contribution in [2.45, 2.75) is 0 Å². The van der Waals surface area contributed by atoms with Gasteiger partial charge in [0.25, 0.3) is 0 Å². The van der Waals surface area contributed by atoms with Crippen LogP contribution in [-0.4, -0.2) is 0 Å². The molecule has 22 rings (SSSR count). The molecule has 0 aliphatic heterocycles. The van der Waals surface area contributed by atoms with Gasteiger partial charge in [-0.3, -0.25) is 0 Å². The zero-order chi connectivity index (χ0) is 64.1. The molecule has 0 N–H and O–H groups in total. The Labute approximate surface area is 563 Å². The van der Waals surface area contributed by atoms with Crippen molar-refractivity contribution in [3.05, 3.63) is 340 Å². The van der Waals surface area contributed by atoms with Crippen LogP contribution in [0.1, 0.15) is 0 Å². The molecule has 2 aromatic heterocycles. The Morgan fingerprint density at radius 3 is 0.745 bits per heavy atom. The molecular weight excluding hydrogens is 1190 g/mol. The number of para-hydroxylation sites is 4. The van der Waals surface area contributed by atoms with Crippen LogP contribution >= 0.6 is 0 Å². The van der Waals surface area contributed by atoms with Gasteiger partial charge in [0.15, 0.2) is 0 Å². The number of furan rings is 2. The Bertz CT molecular complexity index is 6920.